The van der Waals surface area contributed by atoms with Gasteiger partial charge < -0.3 is 10.4 Å². The van der Waals surface area contributed by atoms with E-state index in [9.17, 15) is 9.59 Å². The Morgan fingerprint density at radius 3 is 2.60 bits per heavy atom. The summed E-state index contributed by atoms with van der Waals surface area (Å²) in [7, 11) is 0. The lowest BCUT2D eigenvalue weighted by molar-refractivity contribution is 0.0703. The van der Waals surface area contributed by atoms with E-state index >= 15 is 0 Å². The van der Waals surface area contributed by atoms with Crippen LogP contribution in [0.4, 0.5) is 5.69 Å². The third-order valence-electron chi connectivity index (χ3n) is 2.84. The van der Waals surface area contributed by atoms with E-state index in [0.717, 1.165) is 26.0 Å². The van der Waals surface area contributed by atoms with Crippen LogP contribution in [0.2, 0.25) is 0 Å². The van der Waals surface area contributed by atoms with E-state index in [4.69, 9.17) is 5.11 Å². The Morgan fingerprint density at radius 2 is 1.95 bits per heavy atom. The molecule has 6 heteroatoms. The summed E-state index contributed by atoms with van der Waals surface area (Å²) in [5.41, 5.74) is 2.69. The van der Waals surface area contributed by atoms with Crippen LogP contribution in [0.25, 0.3) is 0 Å². The number of hydrogen-bond acceptors (Lipinski definition) is 3. The third-order valence-corrected chi connectivity index (χ3v) is 5.36. The first-order chi connectivity index (χ1) is 9.41. The SMILES string of the molecule is Cc1cccc(C(=O)Nc2c(C)csc2C(=O)O)c1I. The van der Waals surface area contributed by atoms with Gasteiger partial charge in [-0.3, -0.25) is 4.79 Å². The fraction of sp³-hybridized carbons (Fsp3) is 0.143. The van der Waals surface area contributed by atoms with Crippen LogP contribution in [-0.2, 0) is 0 Å². The first kappa shape index (κ1) is 15.0. The number of thiophene rings is 1. The van der Waals surface area contributed by atoms with Gasteiger partial charge in [0.2, 0.25) is 0 Å². The van der Waals surface area contributed by atoms with Gasteiger partial charge in [0, 0.05) is 3.57 Å². The minimum atomic E-state index is -1.03. The molecule has 4 nitrogen and oxygen atoms in total. The minimum absolute atomic E-state index is 0.151. The molecule has 2 rings (SSSR count). The van der Waals surface area contributed by atoms with E-state index in [-0.39, 0.29) is 10.8 Å². The maximum Gasteiger partial charge on any atom is 0.348 e. The molecule has 0 unspecified atom stereocenters. The van der Waals surface area contributed by atoms with E-state index in [2.05, 4.69) is 27.9 Å². The third kappa shape index (κ3) is 2.85. The largest absolute Gasteiger partial charge is 0.477 e. The predicted octanol–water partition coefficient (Wildman–Crippen LogP) is 3.92. The molecule has 20 heavy (non-hydrogen) atoms. The second kappa shape index (κ2) is 5.92. The molecule has 0 aliphatic rings. The van der Waals surface area contributed by atoms with Crippen LogP contribution >= 0.6 is 33.9 Å². The van der Waals surface area contributed by atoms with Gasteiger partial charge in [0.1, 0.15) is 4.88 Å². The zero-order valence-corrected chi connectivity index (χ0v) is 13.8. The van der Waals surface area contributed by atoms with Gasteiger partial charge in [-0.05, 0) is 59.0 Å². The molecule has 0 saturated heterocycles. The fourth-order valence-corrected chi connectivity index (χ4v) is 3.21. The van der Waals surface area contributed by atoms with E-state index in [1.165, 1.54) is 0 Å². The predicted molar refractivity (Wildman–Crippen MR) is 87.9 cm³/mol. The molecule has 104 valence electrons. The molecule has 1 amide bonds. The van der Waals surface area contributed by atoms with Crippen molar-refractivity contribution in [1.82, 2.24) is 0 Å². The van der Waals surface area contributed by atoms with Gasteiger partial charge in [-0.25, -0.2) is 4.79 Å². The molecule has 0 atom stereocenters. The number of nitrogens with one attached hydrogen (secondary N) is 1. The van der Waals surface area contributed by atoms with Gasteiger partial charge >= 0.3 is 5.97 Å². The first-order valence-corrected chi connectivity index (χ1v) is 7.75. The van der Waals surface area contributed by atoms with Gasteiger partial charge in [0.05, 0.1) is 11.3 Å². The summed E-state index contributed by atoms with van der Waals surface area (Å²) in [5.74, 6) is -1.32. The molecule has 0 spiro atoms. The van der Waals surface area contributed by atoms with Gasteiger partial charge in [-0.15, -0.1) is 11.3 Å². The number of carbonyl (C=O) groups is 2. The normalized spacial score (nSPS) is 10.3. The van der Waals surface area contributed by atoms with Crippen LogP contribution in [0.1, 0.15) is 31.2 Å². The van der Waals surface area contributed by atoms with Crippen LogP contribution in [0, 0.1) is 17.4 Å². The maximum absolute atomic E-state index is 12.3. The summed E-state index contributed by atoms with van der Waals surface area (Å²) < 4.78 is 0.868. The van der Waals surface area contributed by atoms with Crippen molar-refractivity contribution in [2.75, 3.05) is 5.32 Å². The van der Waals surface area contributed by atoms with Crippen molar-refractivity contribution in [3.8, 4) is 0 Å². The standard InChI is InChI=1S/C14H12INO3S/c1-7-4-3-5-9(10(7)15)13(17)16-11-8(2)6-20-12(11)14(18)19/h3-6H,1-2H3,(H,16,17)(H,18,19). The highest BCUT2D eigenvalue weighted by atomic mass is 127. The minimum Gasteiger partial charge on any atom is -0.477 e. The summed E-state index contributed by atoms with van der Waals surface area (Å²) >= 11 is 3.23. The van der Waals surface area contributed by atoms with Crippen molar-refractivity contribution in [3.63, 3.8) is 0 Å². The Bertz CT molecular complexity index is 694. The van der Waals surface area contributed by atoms with E-state index in [1.54, 1.807) is 18.4 Å². The van der Waals surface area contributed by atoms with E-state index in [0.29, 0.717) is 11.3 Å². The Kier molecular flexibility index (Phi) is 4.44. The highest BCUT2D eigenvalue weighted by Crippen LogP contribution is 2.28. The molecular weight excluding hydrogens is 389 g/mol. The number of carboxylic acid groups (broad SMARTS) is 1. The number of aryl methyl sites for hydroxylation is 2. The highest BCUT2D eigenvalue weighted by molar-refractivity contribution is 14.1. The summed E-state index contributed by atoms with van der Waals surface area (Å²) in [4.78, 5) is 23.6. The summed E-state index contributed by atoms with van der Waals surface area (Å²) in [6.07, 6.45) is 0. The van der Waals surface area contributed by atoms with Crippen LogP contribution < -0.4 is 5.32 Å². The Labute approximate surface area is 134 Å². The van der Waals surface area contributed by atoms with Crippen molar-refractivity contribution in [3.05, 3.63) is 48.7 Å². The zero-order valence-electron chi connectivity index (χ0n) is 10.9. The molecule has 0 aliphatic carbocycles. The second-order valence-corrected chi connectivity index (χ2v) is 6.28. The van der Waals surface area contributed by atoms with E-state index < -0.39 is 5.97 Å². The average molecular weight is 401 g/mol. The molecule has 2 N–H and O–H groups in total. The highest BCUT2D eigenvalue weighted by Gasteiger charge is 2.19. The average Bonchev–Trinajstić information content (AvgIpc) is 2.74. The number of hydrogen-bond donors (Lipinski definition) is 2. The smallest absolute Gasteiger partial charge is 0.348 e. The maximum atomic E-state index is 12.3. The molecule has 2 aromatic rings. The molecule has 0 aliphatic heterocycles. The molecular formula is C14H12INO3S. The summed E-state index contributed by atoms with van der Waals surface area (Å²) in [5, 5.41) is 13.6. The van der Waals surface area contributed by atoms with Crippen molar-refractivity contribution >= 4 is 51.5 Å². The second-order valence-electron chi connectivity index (χ2n) is 4.32. The van der Waals surface area contributed by atoms with Gasteiger partial charge in [-0.1, -0.05) is 12.1 Å². The van der Waals surface area contributed by atoms with Crippen LogP contribution in [0.5, 0.6) is 0 Å². The molecule has 0 bridgehead atoms. The number of anilines is 1. The molecule has 0 fully saturated rings. The number of rotatable bonds is 3. The molecule has 1 aromatic heterocycles. The number of carbonyl (C=O) groups excluding carboxylic acids is 1. The lowest BCUT2D eigenvalue weighted by Gasteiger charge is -2.09. The quantitative estimate of drug-likeness (QED) is 0.767. The fourth-order valence-electron chi connectivity index (χ4n) is 1.76. The van der Waals surface area contributed by atoms with Crippen molar-refractivity contribution in [2.45, 2.75) is 13.8 Å². The van der Waals surface area contributed by atoms with Crippen molar-refractivity contribution in [1.29, 1.82) is 0 Å². The van der Waals surface area contributed by atoms with Crippen molar-refractivity contribution < 1.29 is 14.7 Å². The van der Waals surface area contributed by atoms with E-state index in [1.807, 2.05) is 19.1 Å². The summed E-state index contributed by atoms with van der Waals surface area (Å²) in [6, 6.07) is 5.47. The number of aromatic carboxylic acids is 1. The van der Waals surface area contributed by atoms with Gasteiger partial charge in [-0.2, -0.15) is 0 Å². The zero-order chi connectivity index (χ0) is 14.9. The Balaban J connectivity index is 2.35. The lowest BCUT2D eigenvalue weighted by Crippen LogP contribution is -2.16. The van der Waals surface area contributed by atoms with Gasteiger partial charge in [0.25, 0.3) is 5.91 Å². The number of benzene rings is 1. The number of carboxylic acids is 1. The molecule has 0 radical (unpaired) electrons. The Morgan fingerprint density at radius 1 is 1.25 bits per heavy atom. The number of amides is 1. The van der Waals surface area contributed by atoms with Crippen LogP contribution in [-0.4, -0.2) is 17.0 Å². The summed E-state index contributed by atoms with van der Waals surface area (Å²) in [6.45, 7) is 3.71. The van der Waals surface area contributed by atoms with Gasteiger partial charge in [0.15, 0.2) is 0 Å². The monoisotopic (exact) mass is 401 g/mol. The first-order valence-electron chi connectivity index (χ1n) is 5.79. The topological polar surface area (TPSA) is 66.4 Å². The van der Waals surface area contributed by atoms with Crippen molar-refractivity contribution in [2.24, 2.45) is 0 Å². The van der Waals surface area contributed by atoms with Crippen LogP contribution in [0.15, 0.2) is 23.6 Å². The molecule has 1 aromatic carbocycles. The lowest BCUT2D eigenvalue weighted by atomic mass is 10.1. The number of halogens is 1. The molecule has 1 heterocycles. The molecule has 0 saturated carbocycles. The Hall–Kier alpha value is -1.41. The van der Waals surface area contributed by atoms with Crippen LogP contribution in [0.3, 0.4) is 0 Å².